The topological polar surface area (TPSA) is 27.7 Å². The molecule has 0 bridgehead atoms. The maximum absolute atomic E-state index is 5.43. The molecule has 0 aliphatic carbocycles. The Balaban J connectivity index is 3.38. The molecule has 1 atom stereocenters. The molecule has 0 saturated carbocycles. The molecule has 0 heterocycles. The van der Waals surface area contributed by atoms with E-state index in [4.69, 9.17) is 20.6 Å². The van der Waals surface area contributed by atoms with E-state index in [9.17, 15) is 0 Å². The fourth-order valence-electron chi connectivity index (χ4n) is 1.54. The summed E-state index contributed by atoms with van der Waals surface area (Å²) in [6.07, 6.45) is 5.43. The van der Waals surface area contributed by atoms with Gasteiger partial charge >= 0.3 is 0 Å². The van der Waals surface area contributed by atoms with Gasteiger partial charge in [-0.15, -0.1) is 6.42 Å². The summed E-state index contributed by atoms with van der Waals surface area (Å²) in [5.74, 6) is 4.64. The number of rotatable bonds is 4. The Labute approximate surface area is 96.3 Å². The van der Waals surface area contributed by atoms with Gasteiger partial charge < -0.3 is 14.2 Å². The molecule has 3 nitrogen and oxygen atoms in total. The third-order valence-corrected chi connectivity index (χ3v) is 2.44. The molecular formula is C13H16O3. The molecule has 0 aliphatic rings. The minimum absolute atomic E-state index is 0.0733. The Morgan fingerprint density at radius 2 is 1.56 bits per heavy atom. The summed E-state index contributed by atoms with van der Waals surface area (Å²) in [7, 11) is 4.79. The number of hydrogen-bond acceptors (Lipinski definition) is 3. The molecule has 1 aromatic rings. The van der Waals surface area contributed by atoms with Gasteiger partial charge in [0.15, 0.2) is 0 Å². The van der Waals surface area contributed by atoms with E-state index in [1.54, 1.807) is 33.5 Å². The number of benzene rings is 1. The highest BCUT2D eigenvalue weighted by atomic mass is 16.5. The van der Waals surface area contributed by atoms with Gasteiger partial charge in [-0.2, -0.15) is 0 Å². The predicted octanol–water partition coefficient (Wildman–Crippen LogP) is 2.45. The Hall–Kier alpha value is -1.82. The Bertz CT molecular complexity index is 379. The first-order valence-electron chi connectivity index (χ1n) is 4.94. The first-order valence-corrected chi connectivity index (χ1v) is 4.94. The van der Waals surface area contributed by atoms with Crippen LogP contribution in [0.5, 0.6) is 17.2 Å². The van der Waals surface area contributed by atoms with Gasteiger partial charge in [0, 0.05) is 18.1 Å². The van der Waals surface area contributed by atoms with Gasteiger partial charge in [0.2, 0.25) is 0 Å². The van der Waals surface area contributed by atoms with Gasteiger partial charge in [-0.25, -0.2) is 0 Å². The zero-order chi connectivity index (χ0) is 12.1. The molecule has 0 fully saturated rings. The molecule has 0 saturated heterocycles. The largest absolute Gasteiger partial charge is 0.496 e. The number of methoxy groups -OCH3 is 3. The monoisotopic (exact) mass is 220 g/mol. The van der Waals surface area contributed by atoms with Crippen LogP contribution in [-0.4, -0.2) is 21.3 Å². The molecular weight excluding hydrogens is 204 g/mol. The van der Waals surface area contributed by atoms with Crippen molar-refractivity contribution in [2.24, 2.45) is 0 Å². The zero-order valence-corrected chi connectivity index (χ0v) is 10.0. The molecule has 86 valence electrons. The van der Waals surface area contributed by atoms with Crippen LogP contribution in [0.3, 0.4) is 0 Å². The van der Waals surface area contributed by atoms with E-state index >= 15 is 0 Å². The van der Waals surface area contributed by atoms with Crippen LogP contribution in [0.4, 0.5) is 0 Å². The van der Waals surface area contributed by atoms with Gasteiger partial charge in [-0.1, -0.05) is 5.92 Å². The molecule has 0 amide bonds. The Morgan fingerprint density at radius 3 is 1.88 bits per heavy atom. The second kappa shape index (κ2) is 5.32. The van der Waals surface area contributed by atoms with E-state index < -0.39 is 0 Å². The van der Waals surface area contributed by atoms with E-state index in [-0.39, 0.29) is 5.92 Å². The summed E-state index contributed by atoms with van der Waals surface area (Å²) in [4.78, 5) is 0. The van der Waals surface area contributed by atoms with Crippen LogP contribution < -0.4 is 14.2 Å². The van der Waals surface area contributed by atoms with E-state index in [1.165, 1.54) is 0 Å². The number of terminal acetylenes is 1. The minimum Gasteiger partial charge on any atom is -0.496 e. The second-order valence-electron chi connectivity index (χ2n) is 3.33. The van der Waals surface area contributed by atoms with Gasteiger partial charge in [0.05, 0.1) is 26.9 Å². The number of ether oxygens (including phenoxy) is 3. The molecule has 1 rings (SSSR count). The lowest BCUT2D eigenvalue weighted by Crippen LogP contribution is -2.00. The SMILES string of the molecule is C#CC(C)c1c(OC)cc(OC)cc1OC. The second-order valence-corrected chi connectivity index (χ2v) is 3.33. The van der Waals surface area contributed by atoms with E-state index in [0.29, 0.717) is 17.2 Å². The molecule has 1 unspecified atom stereocenters. The number of hydrogen-bond donors (Lipinski definition) is 0. The zero-order valence-electron chi connectivity index (χ0n) is 10.0. The summed E-state index contributed by atoms with van der Waals surface area (Å²) in [6, 6.07) is 3.59. The van der Waals surface area contributed by atoms with Crippen molar-refractivity contribution in [3.8, 4) is 29.6 Å². The lowest BCUT2D eigenvalue weighted by Gasteiger charge is -2.16. The first kappa shape index (κ1) is 12.3. The van der Waals surface area contributed by atoms with Crippen molar-refractivity contribution in [1.29, 1.82) is 0 Å². The molecule has 3 heteroatoms. The third kappa shape index (κ3) is 2.22. The van der Waals surface area contributed by atoms with Crippen molar-refractivity contribution in [2.45, 2.75) is 12.8 Å². The summed E-state index contributed by atoms with van der Waals surface area (Å²) in [5, 5.41) is 0. The summed E-state index contributed by atoms with van der Waals surface area (Å²) in [6.45, 7) is 1.92. The van der Waals surface area contributed by atoms with Crippen LogP contribution in [0.25, 0.3) is 0 Å². The van der Waals surface area contributed by atoms with Crippen molar-refractivity contribution in [2.75, 3.05) is 21.3 Å². The Morgan fingerprint density at radius 1 is 1.06 bits per heavy atom. The molecule has 0 spiro atoms. The standard InChI is InChI=1S/C13H16O3/c1-6-9(2)13-11(15-4)7-10(14-3)8-12(13)16-5/h1,7-9H,2-5H3. The van der Waals surface area contributed by atoms with Crippen LogP contribution >= 0.6 is 0 Å². The fraction of sp³-hybridized carbons (Fsp3) is 0.385. The maximum atomic E-state index is 5.43. The Kier molecular flexibility index (Phi) is 4.07. The van der Waals surface area contributed by atoms with Crippen molar-refractivity contribution in [1.82, 2.24) is 0 Å². The van der Waals surface area contributed by atoms with Crippen LogP contribution in [0.2, 0.25) is 0 Å². The molecule has 0 aliphatic heterocycles. The average Bonchev–Trinajstić information content (AvgIpc) is 2.35. The summed E-state index contributed by atoms with van der Waals surface area (Å²) in [5.41, 5.74) is 0.869. The van der Waals surface area contributed by atoms with Crippen molar-refractivity contribution >= 4 is 0 Å². The average molecular weight is 220 g/mol. The normalized spacial score (nSPS) is 11.4. The lowest BCUT2D eigenvalue weighted by molar-refractivity contribution is 0.368. The molecule has 0 aromatic heterocycles. The highest BCUT2D eigenvalue weighted by molar-refractivity contribution is 5.54. The van der Waals surface area contributed by atoms with Crippen molar-refractivity contribution in [3.05, 3.63) is 17.7 Å². The third-order valence-electron chi connectivity index (χ3n) is 2.44. The maximum Gasteiger partial charge on any atom is 0.130 e. The quantitative estimate of drug-likeness (QED) is 0.729. The highest BCUT2D eigenvalue weighted by Gasteiger charge is 2.17. The lowest BCUT2D eigenvalue weighted by atomic mass is 9.99. The van der Waals surface area contributed by atoms with Gasteiger partial charge in [0.25, 0.3) is 0 Å². The molecule has 0 radical (unpaired) electrons. The molecule has 16 heavy (non-hydrogen) atoms. The smallest absolute Gasteiger partial charge is 0.130 e. The van der Waals surface area contributed by atoms with Gasteiger partial charge in [-0.3, -0.25) is 0 Å². The fourth-order valence-corrected chi connectivity index (χ4v) is 1.54. The van der Waals surface area contributed by atoms with Crippen LogP contribution in [0, 0.1) is 12.3 Å². The highest BCUT2D eigenvalue weighted by Crippen LogP contribution is 2.38. The minimum atomic E-state index is -0.0733. The molecule has 1 aromatic carbocycles. The summed E-state index contributed by atoms with van der Waals surface area (Å²) < 4.78 is 15.8. The van der Waals surface area contributed by atoms with Crippen molar-refractivity contribution < 1.29 is 14.2 Å². The van der Waals surface area contributed by atoms with Crippen LogP contribution in [0.15, 0.2) is 12.1 Å². The van der Waals surface area contributed by atoms with Crippen LogP contribution in [0.1, 0.15) is 18.4 Å². The van der Waals surface area contributed by atoms with E-state index in [1.807, 2.05) is 6.92 Å². The van der Waals surface area contributed by atoms with Crippen molar-refractivity contribution in [3.63, 3.8) is 0 Å². The van der Waals surface area contributed by atoms with Gasteiger partial charge in [0.1, 0.15) is 17.2 Å². The van der Waals surface area contributed by atoms with E-state index in [0.717, 1.165) is 5.56 Å². The van der Waals surface area contributed by atoms with E-state index in [2.05, 4.69) is 5.92 Å². The molecule has 0 N–H and O–H groups in total. The van der Waals surface area contributed by atoms with Crippen LogP contribution in [-0.2, 0) is 0 Å². The first-order chi connectivity index (χ1) is 7.67. The van der Waals surface area contributed by atoms with Gasteiger partial charge in [-0.05, 0) is 6.92 Å². The summed E-state index contributed by atoms with van der Waals surface area (Å²) >= 11 is 0. The predicted molar refractivity (Wildman–Crippen MR) is 63.3 cm³/mol.